The molecular weight excluding hydrogens is 832 g/mol. The van der Waals surface area contributed by atoms with E-state index in [4.69, 9.17) is 73.5 Å². The Morgan fingerprint density at radius 3 is 2.05 bits per heavy atom. The number of esters is 5. The van der Waals surface area contributed by atoms with Crippen LogP contribution >= 0.6 is 14.5 Å². The third kappa shape index (κ3) is 11.9. The van der Waals surface area contributed by atoms with Crippen LogP contribution in [0, 0.1) is 0 Å². The Bertz CT molecular complexity index is 1900. The van der Waals surface area contributed by atoms with E-state index in [2.05, 4.69) is 15.0 Å². The number of hydrogen-bond acceptors (Lipinski definition) is 23. The van der Waals surface area contributed by atoms with Gasteiger partial charge < -0.3 is 62.7 Å². The predicted molar refractivity (Wildman–Crippen MR) is 187 cm³/mol. The molecule has 4 N–H and O–H groups in total. The molecule has 0 radical (unpaired) electrons. The molecule has 0 aliphatic carbocycles. The van der Waals surface area contributed by atoms with Gasteiger partial charge in [-0.05, 0) is 11.8 Å². The number of phosphoric acid groups is 1. The highest BCUT2D eigenvalue weighted by molar-refractivity contribution is 8.08. The molecule has 4 rings (SSSR count). The normalized spacial score (nSPS) is 28.7. The van der Waals surface area contributed by atoms with Crippen LogP contribution in [0.2, 0.25) is 0 Å². The molecule has 2 aliphatic heterocycles. The zero-order chi connectivity index (χ0) is 42.4. The van der Waals surface area contributed by atoms with Crippen LogP contribution in [0.15, 0.2) is 12.7 Å². The largest absolute Gasteiger partial charge is 0.481 e. The lowest BCUT2D eigenvalue weighted by Crippen LogP contribution is -2.65. The van der Waals surface area contributed by atoms with Crippen molar-refractivity contribution in [2.75, 3.05) is 33.2 Å². The van der Waals surface area contributed by atoms with Crippen LogP contribution < -0.4 is 5.73 Å². The van der Waals surface area contributed by atoms with E-state index in [-0.39, 0.29) is 11.3 Å². The molecule has 0 bridgehead atoms. The number of nitrogen functional groups attached to an aromatic ring is 1. The number of nitrogens with zero attached hydrogens (tertiary/aromatic N) is 4. The van der Waals surface area contributed by atoms with Crippen molar-refractivity contribution in [2.24, 2.45) is 0 Å². The Kier molecular flexibility index (Phi) is 15.6. The first-order chi connectivity index (χ1) is 26.7. The fourth-order valence-electron chi connectivity index (χ4n) is 5.93. The molecule has 2 aromatic rings. The van der Waals surface area contributed by atoms with Crippen molar-refractivity contribution < 1.29 is 94.3 Å². The van der Waals surface area contributed by atoms with E-state index in [0.717, 1.165) is 34.6 Å². The molecule has 2 aliphatic rings. The van der Waals surface area contributed by atoms with E-state index in [1.54, 1.807) is 0 Å². The topological polar surface area (TPSA) is 323 Å². The average Bonchev–Trinajstić information content (AvgIpc) is 3.68. The van der Waals surface area contributed by atoms with Crippen LogP contribution in [0.1, 0.15) is 40.8 Å². The second-order valence-electron chi connectivity index (χ2n) is 12.1. The first-order valence-corrected chi connectivity index (χ1v) is 20.6. The van der Waals surface area contributed by atoms with E-state index in [1.165, 1.54) is 31.4 Å². The molecule has 2 aromatic heterocycles. The number of ether oxygens (including phenoxy) is 9. The first kappa shape index (κ1) is 45.9. The number of methoxy groups -OCH3 is 2. The second kappa shape index (κ2) is 19.3. The van der Waals surface area contributed by atoms with Crippen LogP contribution in [0.4, 0.5) is 5.82 Å². The summed E-state index contributed by atoms with van der Waals surface area (Å²) in [6.07, 6.45) is -12.7. The van der Waals surface area contributed by atoms with Gasteiger partial charge in [-0.15, -0.1) is 0 Å². The molecule has 2 fully saturated rings. The summed E-state index contributed by atoms with van der Waals surface area (Å²) in [7, 11) is -2.98. The standard InChI is InChI=1S/C29H41N5O20P2S/c1-12(35)45-8-17(47-13(2)36)21-22(48-14(3)37)23(49-15(4)38)25(50-16(5)39)29(52-21)53-55(40,41)54-56(42,57)46-9-18-20(43-6)24(44-7)28(51-18)34-11-33-19-26(30)31-10-32-27(19)34/h10-11,17-18,20-25,28-29H,8-9H2,1-7H3,(H,40,41)(H,42,57)(H2,30,31,32)/t17-,18-,20-,21-,22-,23+,24-,25+,28-,29+,56?/m1/s1. The Morgan fingerprint density at radius 2 is 1.47 bits per heavy atom. The van der Waals surface area contributed by atoms with E-state index < -0.39 is 119 Å². The van der Waals surface area contributed by atoms with E-state index in [9.17, 15) is 38.3 Å². The number of imidazole rings is 1. The van der Waals surface area contributed by atoms with Gasteiger partial charge in [0.25, 0.3) is 0 Å². The molecule has 0 saturated carbocycles. The molecule has 4 heterocycles. The zero-order valence-electron chi connectivity index (χ0n) is 31.3. The zero-order valence-corrected chi connectivity index (χ0v) is 33.9. The van der Waals surface area contributed by atoms with Crippen LogP contribution in [-0.2, 0) is 96.3 Å². The molecule has 12 atom stereocenters. The average molecular weight is 874 g/mol. The SMILES string of the molecule is CO[C@@H]1[C@H](OC)[C@@H](COP(O)(=S)OP(=O)(O)O[C@@H]2O[C@H]([C@@H](COC(C)=O)OC(C)=O)[C@@H](OC(C)=O)[C@H](OC(C)=O)[C@@H]2OC(C)=O)O[C@H]1n1cnc2c(N)ncnc21. The number of carbonyl (C=O) groups is 5. The summed E-state index contributed by atoms with van der Waals surface area (Å²) in [5.41, 5.74) is 6.48. The Morgan fingerprint density at radius 1 is 0.860 bits per heavy atom. The highest BCUT2D eigenvalue weighted by Gasteiger charge is 2.57. The van der Waals surface area contributed by atoms with Gasteiger partial charge in [0.1, 0.15) is 42.9 Å². The van der Waals surface area contributed by atoms with Crippen LogP contribution in [-0.4, -0.2) is 142 Å². The van der Waals surface area contributed by atoms with Crippen molar-refractivity contribution in [2.45, 2.75) is 96.0 Å². The summed E-state index contributed by atoms with van der Waals surface area (Å²) < 4.78 is 79.6. The van der Waals surface area contributed by atoms with Crippen molar-refractivity contribution in [3.05, 3.63) is 12.7 Å². The van der Waals surface area contributed by atoms with Gasteiger partial charge in [0, 0.05) is 48.8 Å². The molecule has 0 amide bonds. The van der Waals surface area contributed by atoms with Crippen molar-refractivity contribution in [3.63, 3.8) is 0 Å². The van der Waals surface area contributed by atoms with Gasteiger partial charge in [0.2, 0.25) is 6.29 Å². The molecule has 57 heavy (non-hydrogen) atoms. The summed E-state index contributed by atoms with van der Waals surface area (Å²) in [4.78, 5) is 94.7. The summed E-state index contributed by atoms with van der Waals surface area (Å²) in [5.74, 6) is -4.82. The number of anilines is 1. The smallest absolute Gasteiger partial charge is 0.462 e. The number of nitrogens with two attached hydrogens (primary N) is 1. The van der Waals surface area contributed by atoms with Gasteiger partial charge >= 0.3 is 44.4 Å². The Balaban J connectivity index is 1.59. The van der Waals surface area contributed by atoms with E-state index >= 15 is 0 Å². The summed E-state index contributed by atoms with van der Waals surface area (Å²) in [6, 6.07) is 0. The Labute approximate surface area is 328 Å². The number of fused-ring (bicyclic) bond motifs is 1. The van der Waals surface area contributed by atoms with E-state index in [1.807, 2.05) is 0 Å². The van der Waals surface area contributed by atoms with Gasteiger partial charge in [-0.25, -0.2) is 23.8 Å². The maximum atomic E-state index is 13.5. The highest BCUT2D eigenvalue weighted by Crippen LogP contribution is 2.62. The monoisotopic (exact) mass is 873 g/mol. The molecule has 28 heteroatoms. The summed E-state index contributed by atoms with van der Waals surface area (Å²) in [5, 5.41) is 0. The number of aromatic nitrogens is 4. The van der Waals surface area contributed by atoms with Crippen LogP contribution in [0.5, 0.6) is 0 Å². The van der Waals surface area contributed by atoms with Crippen molar-refractivity contribution in [1.29, 1.82) is 0 Å². The van der Waals surface area contributed by atoms with Gasteiger partial charge in [-0.2, -0.15) is 0 Å². The first-order valence-electron chi connectivity index (χ1n) is 16.5. The minimum absolute atomic E-state index is 0.105. The third-order valence-electron chi connectivity index (χ3n) is 7.91. The van der Waals surface area contributed by atoms with Gasteiger partial charge in [-0.3, -0.25) is 33.1 Å². The lowest BCUT2D eigenvalue weighted by molar-refractivity contribution is -0.301. The van der Waals surface area contributed by atoms with E-state index in [0.29, 0.717) is 5.65 Å². The number of hydrogen-bond donors (Lipinski definition) is 3. The summed E-state index contributed by atoms with van der Waals surface area (Å²) >= 11 is 5.01. The third-order valence-corrected chi connectivity index (χ3v) is 11.4. The molecule has 25 nitrogen and oxygen atoms in total. The van der Waals surface area contributed by atoms with Crippen LogP contribution in [0.25, 0.3) is 11.2 Å². The number of carbonyl (C=O) groups excluding carboxylic acids is 5. The second-order valence-corrected chi connectivity index (χ2v) is 16.5. The van der Waals surface area contributed by atoms with Crippen LogP contribution in [0.3, 0.4) is 0 Å². The fourth-order valence-corrected chi connectivity index (χ4v) is 9.02. The maximum Gasteiger partial charge on any atom is 0.481 e. The minimum Gasteiger partial charge on any atom is -0.462 e. The lowest BCUT2D eigenvalue weighted by atomic mass is 9.94. The number of phosphoric ester groups is 1. The summed E-state index contributed by atoms with van der Waals surface area (Å²) in [6.45, 7) is -1.38. The van der Waals surface area contributed by atoms with Gasteiger partial charge in [0.15, 0.2) is 42.1 Å². The van der Waals surface area contributed by atoms with Crippen molar-refractivity contribution in [3.8, 4) is 0 Å². The quantitative estimate of drug-likeness (QED) is 0.104. The lowest BCUT2D eigenvalue weighted by Gasteiger charge is -2.45. The van der Waals surface area contributed by atoms with Crippen molar-refractivity contribution >= 4 is 73.2 Å². The number of rotatable bonds is 17. The van der Waals surface area contributed by atoms with Crippen molar-refractivity contribution in [1.82, 2.24) is 19.5 Å². The Hall–Kier alpha value is -3.78. The molecular formula is C29H41N5O20P2S. The molecule has 0 aromatic carbocycles. The molecule has 318 valence electrons. The fraction of sp³-hybridized carbons (Fsp3) is 0.655. The predicted octanol–water partition coefficient (Wildman–Crippen LogP) is -0.282. The van der Waals surface area contributed by atoms with Gasteiger partial charge in [-0.1, -0.05) is 0 Å². The minimum atomic E-state index is -5.69. The molecule has 2 saturated heterocycles. The molecule has 2 unspecified atom stereocenters. The molecule has 0 spiro atoms. The highest BCUT2D eigenvalue weighted by atomic mass is 32.5. The maximum absolute atomic E-state index is 13.5. The van der Waals surface area contributed by atoms with Gasteiger partial charge in [0.05, 0.1) is 12.9 Å².